The lowest BCUT2D eigenvalue weighted by Gasteiger charge is -2.19. The third-order valence-corrected chi connectivity index (χ3v) is 10.8. The molecule has 9 aromatic rings. The smallest absolute Gasteiger partial charge is 0.166 e. The highest BCUT2D eigenvalue weighted by Crippen LogP contribution is 2.41. The maximum Gasteiger partial charge on any atom is 0.166 e. The van der Waals surface area contributed by atoms with Crippen LogP contribution in [0.4, 0.5) is 0 Å². The second kappa shape index (κ2) is 13.4. The van der Waals surface area contributed by atoms with Crippen LogP contribution in [0, 0.1) is 6.92 Å². The highest BCUT2D eigenvalue weighted by Gasteiger charge is 2.24. The Bertz CT molecular complexity index is 3010. The fourth-order valence-electron chi connectivity index (χ4n) is 8.29. The number of aromatic nitrogens is 5. The van der Waals surface area contributed by atoms with Crippen molar-refractivity contribution in [3.8, 4) is 34.2 Å². The van der Waals surface area contributed by atoms with Crippen molar-refractivity contribution in [2.75, 3.05) is 0 Å². The average molecular weight is 708 g/mol. The van der Waals surface area contributed by atoms with Gasteiger partial charge in [0, 0.05) is 43.9 Å². The molecule has 0 bridgehead atoms. The van der Waals surface area contributed by atoms with Crippen molar-refractivity contribution in [2.24, 2.45) is 0 Å². The molecule has 0 spiro atoms. The Morgan fingerprint density at radius 1 is 0.564 bits per heavy atom. The van der Waals surface area contributed by atoms with Gasteiger partial charge < -0.3 is 9.13 Å². The molecule has 55 heavy (non-hydrogen) atoms. The minimum absolute atomic E-state index is 0.628. The van der Waals surface area contributed by atoms with E-state index < -0.39 is 0 Å². The van der Waals surface area contributed by atoms with Crippen LogP contribution in [0.1, 0.15) is 29.8 Å². The van der Waals surface area contributed by atoms with Crippen LogP contribution >= 0.6 is 0 Å². The summed E-state index contributed by atoms with van der Waals surface area (Å²) in [6.45, 7) is 6.14. The van der Waals surface area contributed by atoms with Crippen LogP contribution in [-0.4, -0.2) is 24.1 Å². The van der Waals surface area contributed by atoms with Crippen LogP contribution < -0.4 is 0 Å². The maximum atomic E-state index is 5.44. The topological polar surface area (TPSA) is 48.5 Å². The molecular formula is C50H37N5. The van der Waals surface area contributed by atoms with Crippen LogP contribution in [0.2, 0.25) is 0 Å². The van der Waals surface area contributed by atoms with E-state index in [-0.39, 0.29) is 0 Å². The molecule has 6 aromatic carbocycles. The Balaban J connectivity index is 1.29. The molecule has 10 rings (SSSR count). The highest BCUT2D eigenvalue weighted by atomic mass is 15.1. The molecule has 0 radical (unpaired) electrons. The summed E-state index contributed by atoms with van der Waals surface area (Å²) in [5, 5.41) is 4.66. The third kappa shape index (κ3) is 5.35. The van der Waals surface area contributed by atoms with Gasteiger partial charge in [-0.05, 0) is 73.4 Å². The van der Waals surface area contributed by atoms with E-state index >= 15 is 0 Å². The summed E-state index contributed by atoms with van der Waals surface area (Å²) in [7, 11) is 0. The molecule has 0 atom stereocenters. The predicted molar refractivity (Wildman–Crippen MR) is 230 cm³/mol. The minimum Gasteiger partial charge on any atom is -0.309 e. The number of benzene rings is 6. The fraction of sp³-hybridized carbons (Fsp3) is 0.0600. The van der Waals surface area contributed by atoms with Crippen molar-refractivity contribution in [3.05, 3.63) is 187 Å². The largest absolute Gasteiger partial charge is 0.309 e. The normalized spacial score (nSPS) is 13.1. The molecule has 0 saturated carbocycles. The summed E-state index contributed by atoms with van der Waals surface area (Å²) in [5.41, 5.74) is 11.8. The highest BCUT2D eigenvalue weighted by molar-refractivity contribution is 6.15. The molecule has 1 aliphatic rings. The maximum absolute atomic E-state index is 5.44. The number of hydrogen-bond acceptors (Lipinski definition) is 3. The Labute approximate surface area is 319 Å². The SMILES string of the molecule is C=C/C=C\c1ccc(-c2nc(C3=CCCC=C3)nc(-c3cccc4c3c3ccccc3n4-c3ccccc3)n2)c(-n2c3ccccc3c3ccccc32)c1C. The first-order valence-corrected chi connectivity index (χ1v) is 18.8. The third-order valence-electron chi connectivity index (χ3n) is 10.8. The molecule has 3 aromatic heterocycles. The summed E-state index contributed by atoms with van der Waals surface area (Å²) < 4.78 is 4.72. The van der Waals surface area contributed by atoms with Gasteiger partial charge in [-0.2, -0.15) is 0 Å². The number of hydrogen-bond donors (Lipinski definition) is 0. The summed E-state index contributed by atoms with van der Waals surface area (Å²) in [5.74, 6) is 1.94. The van der Waals surface area contributed by atoms with Gasteiger partial charge in [-0.25, -0.2) is 15.0 Å². The van der Waals surface area contributed by atoms with Crippen molar-refractivity contribution < 1.29 is 0 Å². The standard InChI is InChI=1S/C50H37N5/c1-3-4-18-34-31-32-41(47(33(34)2)55-42-27-14-11-23-37(42)38-24-12-15-28-43(38)55)50-52-48(35-19-7-5-8-20-35)51-49(53-50)40-26-17-30-45-46(40)39-25-13-16-29-44(39)54(45)36-21-9-6-10-22-36/h3-4,6-7,9-32H,1,5,8H2,2H3/b18-4-. The Morgan fingerprint density at radius 2 is 1.18 bits per heavy atom. The molecule has 0 N–H and O–H groups in total. The molecule has 0 saturated heterocycles. The van der Waals surface area contributed by atoms with Gasteiger partial charge in [-0.15, -0.1) is 0 Å². The van der Waals surface area contributed by atoms with E-state index in [9.17, 15) is 0 Å². The van der Waals surface area contributed by atoms with Crippen LogP contribution in [0.3, 0.4) is 0 Å². The van der Waals surface area contributed by atoms with Crippen LogP contribution in [-0.2, 0) is 0 Å². The van der Waals surface area contributed by atoms with E-state index in [1.807, 2.05) is 12.2 Å². The van der Waals surface area contributed by atoms with Gasteiger partial charge in [0.05, 0.1) is 27.8 Å². The molecule has 5 heteroatoms. The molecule has 1 aliphatic carbocycles. The van der Waals surface area contributed by atoms with E-state index in [4.69, 9.17) is 15.0 Å². The lowest BCUT2D eigenvalue weighted by atomic mass is 9.99. The van der Waals surface area contributed by atoms with Crippen LogP contribution in [0.15, 0.2) is 170 Å². The van der Waals surface area contributed by atoms with Gasteiger partial charge in [0.1, 0.15) is 0 Å². The molecule has 262 valence electrons. The lowest BCUT2D eigenvalue weighted by Crippen LogP contribution is -2.07. The first-order chi connectivity index (χ1) is 27.2. The number of rotatable bonds is 7. The average Bonchev–Trinajstić information content (AvgIpc) is 3.77. The molecule has 0 aliphatic heterocycles. The molecule has 5 nitrogen and oxygen atoms in total. The molecular weight excluding hydrogens is 671 g/mol. The predicted octanol–water partition coefficient (Wildman–Crippen LogP) is 12.6. The Hall–Kier alpha value is -7.11. The molecule has 0 amide bonds. The molecule has 0 fully saturated rings. The van der Waals surface area contributed by atoms with Crippen molar-refractivity contribution in [1.82, 2.24) is 24.1 Å². The zero-order valence-corrected chi connectivity index (χ0v) is 30.5. The first-order valence-electron chi connectivity index (χ1n) is 18.8. The Morgan fingerprint density at radius 3 is 1.87 bits per heavy atom. The number of para-hydroxylation sites is 4. The lowest BCUT2D eigenvalue weighted by molar-refractivity contribution is 1.00. The van der Waals surface area contributed by atoms with E-state index in [0.29, 0.717) is 17.5 Å². The molecule has 3 heterocycles. The van der Waals surface area contributed by atoms with Crippen molar-refractivity contribution in [3.63, 3.8) is 0 Å². The van der Waals surface area contributed by atoms with Gasteiger partial charge in [0.25, 0.3) is 0 Å². The van der Waals surface area contributed by atoms with Crippen LogP contribution in [0.25, 0.3) is 89.4 Å². The monoisotopic (exact) mass is 707 g/mol. The molecule has 0 unspecified atom stereocenters. The van der Waals surface area contributed by atoms with Gasteiger partial charge in [0.2, 0.25) is 0 Å². The van der Waals surface area contributed by atoms with Gasteiger partial charge in [-0.3, -0.25) is 0 Å². The quantitative estimate of drug-likeness (QED) is 0.155. The van der Waals surface area contributed by atoms with Gasteiger partial charge in [-0.1, -0.05) is 134 Å². The first kappa shape index (κ1) is 32.5. The summed E-state index contributed by atoms with van der Waals surface area (Å²) in [6, 6.07) is 47.2. The van der Waals surface area contributed by atoms with Crippen molar-refractivity contribution in [1.29, 1.82) is 0 Å². The van der Waals surface area contributed by atoms with Crippen molar-refractivity contribution in [2.45, 2.75) is 19.8 Å². The summed E-state index contributed by atoms with van der Waals surface area (Å²) in [6.07, 6.45) is 14.5. The minimum atomic E-state index is 0.628. The van der Waals surface area contributed by atoms with Crippen LogP contribution in [0.5, 0.6) is 0 Å². The number of allylic oxidation sites excluding steroid dienone is 6. The fourth-order valence-corrected chi connectivity index (χ4v) is 8.29. The van der Waals surface area contributed by atoms with E-state index in [2.05, 4.69) is 180 Å². The number of nitrogens with zero attached hydrogens (tertiary/aromatic N) is 5. The Kier molecular flexibility index (Phi) is 7.92. The summed E-state index contributed by atoms with van der Waals surface area (Å²) in [4.78, 5) is 16.0. The zero-order chi connectivity index (χ0) is 36.9. The van der Waals surface area contributed by atoms with Crippen molar-refractivity contribution >= 4 is 55.3 Å². The second-order valence-electron chi connectivity index (χ2n) is 14.0. The van der Waals surface area contributed by atoms with E-state index in [1.54, 1.807) is 0 Å². The number of fused-ring (bicyclic) bond motifs is 6. The van der Waals surface area contributed by atoms with E-state index in [0.717, 1.165) is 84.9 Å². The second-order valence-corrected chi connectivity index (χ2v) is 14.0. The van der Waals surface area contributed by atoms with Gasteiger partial charge in [0.15, 0.2) is 17.5 Å². The zero-order valence-electron chi connectivity index (χ0n) is 30.5. The van der Waals surface area contributed by atoms with E-state index in [1.165, 1.54) is 10.8 Å². The summed E-state index contributed by atoms with van der Waals surface area (Å²) >= 11 is 0. The van der Waals surface area contributed by atoms with Gasteiger partial charge >= 0.3 is 0 Å².